The van der Waals surface area contributed by atoms with Crippen molar-refractivity contribution in [1.29, 1.82) is 0 Å². The number of hydrogen-bond donors (Lipinski definition) is 4. The standard InChI is InChI=1S/C6H13NO.C5H11NO2.C5H9NO/c1-3-5-6(8)7-4-2;1-2-6-5(8)3-4-7;1-3-5(7)6-4-2/h3-5H2,1-2H3,(H,7,8);7H,2-4H2,1H3,(H,6,8);3H,1,4H2,2H3,(H,6,7). The van der Waals surface area contributed by atoms with Gasteiger partial charge in [0, 0.05) is 32.5 Å². The van der Waals surface area contributed by atoms with E-state index in [0.29, 0.717) is 19.5 Å². The highest BCUT2D eigenvalue weighted by Crippen LogP contribution is 1.83. The van der Waals surface area contributed by atoms with Crippen LogP contribution in [0.2, 0.25) is 0 Å². The number of nitrogens with one attached hydrogen (secondary N) is 3. The minimum Gasteiger partial charge on any atom is -0.396 e. The van der Waals surface area contributed by atoms with Crippen molar-refractivity contribution < 1.29 is 19.5 Å². The van der Waals surface area contributed by atoms with E-state index in [-0.39, 0.29) is 30.7 Å². The van der Waals surface area contributed by atoms with E-state index < -0.39 is 0 Å². The molecule has 23 heavy (non-hydrogen) atoms. The van der Waals surface area contributed by atoms with Gasteiger partial charge in [-0.3, -0.25) is 14.4 Å². The van der Waals surface area contributed by atoms with E-state index in [1.165, 1.54) is 6.08 Å². The third-order valence-electron chi connectivity index (χ3n) is 2.10. The lowest BCUT2D eigenvalue weighted by molar-refractivity contribution is -0.122. The molecule has 0 atom stereocenters. The molecule has 0 aliphatic carbocycles. The molecule has 0 aliphatic heterocycles. The lowest BCUT2D eigenvalue weighted by atomic mass is 10.3. The van der Waals surface area contributed by atoms with Crippen LogP contribution in [0.25, 0.3) is 0 Å². The van der Waals surface area contributed by atoms with Crippen molar-refractivity contribution in [3.63, 3.8) is 0 Å². The lowest BCUT2D eigenvalue weighted by Crippen LogP contribution is -2.23. The minimum atomic E-state index is -0.109. The van der Waals surface area contributed by atoms with Gasteiger partial charge < -0.3 is 21.1 Å². The zero-order valence-electron chi connectivity index (χ0n) is 14.9. The molecule has 0 radical (unpaired) electrons. The molecule has 4 N–H and O–H groups in total. The van der Waals surface area contributed by atoms with Crippen molar-refractivity contribution in [2.24, 2.45) is 0 Å². The van der Waals surface area contributed by atoms with Gasteiger partial charge in [-0.15, -0.1) is 0 Å². The summed E-state index contributed by atoms with van der Waals surface area (Å²) in [5.41, 5.74) is 0. The summed E-state index contributed by atoms with van der Waals surface area (Å²) in [6.07, 6.45) is 3.07. The Bertz CT molecular complexity index is 284. The molecule has 3 amide bonds. The fraction of sp³-hybridized carbons (Fsp3) is 0.688. The molecule has 136 valence electrons. The average Bonchev–Trinajstić information content (AvgIpc) is 2.50. The first-order valence-electron chi connectivity index (χ1n) is 7.97. The third-order valence-corrected chi connectivity index (χ3v) is 2.10. The predicted molar refractivity (Wildman–Crippen MR) is 92.9 cm³/mol. The van der Waals surface area contributed by atoms with Gasteiger partial charge in [-0.2, -0.15) is 0 Å². The molecule has 0 fully saturated rings. The number of carbonyl (C=O) groups is 3. The number of amides is 3. The highest BCUT2D eigenvalue weighted by molar-refractivity contribution is 5.86. The number of rotatable bonds is 8. The Morgan fingerprint density at radius 3 is 1.57 bits per heavy atom. The van der Waals surface area contributed by atoms with Crippen LogP contribution in [0, 0.1) is 0 Å². The van der Waals surface area contributed by atoms with Crippen LogP contribution >= 0.6 is 0 Å². The van der Waals surface area contributed by atoms with Gasteiger partial charge in [-0.25, -0.2) is 0 Å². The molecule has 0 saturated carbocycles. The van der Waals surface area contributed by atoms with Gasteiger partial charge in [0.2, 0.25) is 17.7 Å². The van der Waals surface area contributed by atoms with E-state index in [0.717, 1.165) is 13.0 Å². The number of aliphatic hydroxyl groups excluding tert-OH is 1. The van der Waals surface area contributed by atoms with Crippen molar-refractivity contribution in [1.82, 2.24) is 16.0 Å². The van der Waals surface area contributed by atoms with Gasteiger partial charge in [0.1, 0.15) is 0 Å². The SMILES string of the molecule is C=CC(=O)NCC.CCCC(=O)NCC.CCNC(=O)CCO. The zero-order chi connectivity index (χ0) is 18.5. The largest absolute Gasteiger partial charge is 0.396 e. The predicted octanol–water partition coefficient (Wildman–Crippen LogP) is 0.736. The molecule has 0 unspecified atom stereocenters. The maximum atomic E-state index is 10.5. The molecule has 7 nitrogen and oxygen atoms in total. The summed E-state index contributed by atoms with van der Waals surface area (Å²) in [6, 6.07) is 0. The first-order valence-corrected chi connectivity index (χ1v) is 7.97. The van der Waals surface area contributed by atoms with E-state index >= 15 is 0 Å². The van der Waals surface area contributed by atoms with Crippen LogP contribution in [0.5, 0.6) is 0 Å². The zero-order valence-corrected chi connectivity index (χ0v) is 14.9. The van der Waals surface area contributed by atoms with Gasteiger partial charge in [0.25, 0.3) is 0 Å². The molecular formula is C16H33N3O4. The van der Waals surface area contributed by atoms with Crippen LogP contribution < -0.4 is 16.0 Å². The second-order valence-corrected chi connectivity index (χ2v) is 4.23. The van der Waals surface area contributed by atoms with E-state index in [1.54, 1.807) is 0 Å². The van der Waals surface area contributed by atoms with E-state index in [2.05, 4.69) is 22.5 Å². The molecule has 0 bridgehead atoms. The monoisotopic (exact) mass is 331 g/mol. The van der Waals surface area contributed by atoms with Crippen LogP contribution in [0.15, 0.2) is 12.7 Å². The van der Waals surface area contributed by atoms with Crippen molar-refractivity contribution in [2.45, 2.75) is 47.0 Å². The Kier molecular flexibility index (Phi) is 25.3. The molecular weight excluding hydrogens is 298 g/mol. The Morgan fingerprint density at radius 2 is 1.30 bits per heavy atom. The van der Waals surface area contributed by atoms with Crippen molar-refractivity contribution in [3.8, 4) is 0 Å². The minimum absolute atomic E-state index is 0.0637. The van der Waals surface area contributed by atoms with Crippen LogP contribution in [0.4, 0.5) is 0 Å². The molecule has 0 rings (SSSR count). The molecule has 0 aliphatic rings. The second kappa shape index (κ2) is 22.4. The second-order valence-electron chi connectivity index (χ2n) is 4.23. The van der Waals surface area contributed by atoms with Gasteiger partial charge >= 0.3 is 0 Å². The Balaban J connectivity index is -0.000000262. The number of likely N-dealkylation sites (N-methyl/N-ethyl adjacent to an activating group) is 1. The first kappa shape index (κ1) is 26.0. The van der Waals surface area contributed by atoms with E-state index in [1.807, 2.05) is 27.7 Å². The molecule has 7 heteroatoms. The smallest absolute Gasteiger partial charge is 0.243 e. The van der Waals surface area contributed by atoms with Crippen molar-refractivity contribution in [3.05, 3.63) is 12.7 Å². The quantitative estimate of drug-likeness (QED) is 0.492. The first-order chi connectivity index (χ1) is 10.9. The van der Waals surface area contributed by atoms with Crippen LogP contribution in [-0.4, -0.2) is 49.1 Å². The topological polar surface area (TPSA) is 108 Å². The molecule has 0 aromatic heterocycles. The Labute approximate surface area is 139 Å². The summed E-state index contributed by atoms with van der Waals surface area (Å²) in [4.78, 5) is 31.1. The summed E-state index contributed by atoms with van der Waals surface area (Å²) in [6.45, 7) is 12.9. The number of hydrogen-bond acceptors (Lipinski definition) is 4. The number of carbonyl (C=O) groups excluding carboxylic acids is 3. The fourth-order valence-electron chi connectivity index (χ4n) is 1.15. The molecule has 0 saturated heterocycles. The lowest BCUT2D eigenvalue weighted by Gasteiger charge is -1.96. The molecule has 0 spiro atoms. The fourth-order valence-corrected chi connectivity index (χ4v) is 1.15. The van der Waals surface area contributed by atoms with E-state index in [4.69, 9.17) is 5.11 Å². The molecule has 0 aromatic rings. The van der Waals surface area contributed by atoms with Crippen LogP contribution in [0.3, 0.4) is 0 Å². The third kappa shape index (κ3) is 28.9. The van der Waals surface area contributed by atoms with Gasteiger partial charge in [-0.05, 0) is 33.3 Å². The average molecular weight is 331 g/mol. The summed E-state index contributed by atoms with van der Waals surface area (Å²) in [7, 11) is 0. The van der Waals surface area contributed by atoms with Crippen molar-refractivity contribution in [2.75, 3.05) is 26.2 Å². The Morgan fingerprint density at radius 1 is 0.870 bits per heavy atom. The van der Waals surface area contributed by atoms with Crippen LogP contribution in [0.1, 0.15) is 47.0 Å². The van der Waals surface area contributed by atoms with Gasteiger partial charge in [-0.1, -0.05) is 13.5 Å². The maximum Gasteiger partial charge on any atom is 0.243 e. The van der Waals surface area contributed by atoms with Crippen LogP contribution in [-0.2, 0) is 14.4 Å². The summed E-state index contributed by atoms with van der Waals surface area (Å²) in [5.74, 6) is -0.0347. The van der Waals surface area contributed by atoms with Crippen molar-refractivity contribution >= 4 is 17.7 Å². The maximum absolute atomic E-state index is 10.5. The summed E-state index contributed by atoms with van der Waals surface area (Å²) in [5, 5.41) is 16.0. The van der Waals surface area contributed by atoms with Gasteiger partial charge in [0.15, 0.2) is 0 Å². The number of aliphatic hydroxyl groups is 1. The normalized spacial score (nSPS) is 8.39. The van der Waals surface area contributed by atoms with E-state index in [9.17, 15) is 14.4 Å². The highest BCUT2D eigenvalue weighted by Gasteiger charge is 1.94. The van der Waals surface area contributed by atoms with Gasteiger partial charge in [0.05, 0.1) is 6.61 Å². The molecule has 0 aromatic carbocycles. The molecule has 0 heterocycles. The Hall–Kier alpha value is -1.89. The highest BCUT2D eigenvalue weighted by atomic mass is 16.3. The summed E-state index contributed by atoms with van der Waals surface area (Å²) < 4.78 is 0. The summed E-state index contributed by atoms with van der Waals surface area (Å²) >= 11 is 0.